The lowest BCUT2D eigenvalue weighted by Gasteiger charge is -2.33. The van der Waals surface area contributed by atoms with Gasteiger partial charge in [0.15, 0.2) is 0 Å². The number of carbonyl (C=O) groups excluding carboxylic acids is 1. The van der Waals surface area contributed by atoms with Crippen LogP contribution in [0.25, 0.3) is 11.3 Å². The van der Waals surface area contributed by atoms with Crippen LogP contribution in [-0.2, 0) is 30.5 Å². The van der Waals surface area contributed by atoms with Crippen molar-refractivity contribution in [2.45, 2.75) is 44.4 Å². The zero-order valence-corrected chi connectivity index (χ0v) is 27.2. The van der Waals surface area contributed by atoms with Gasteiger partial charge in [-0.25, -0.2) is 19.3 Å². The van der Waals surface area contributed by atoms with Gasteiger partial charge in [-0.3, -0.25) is 9.69 Å². The highest BCUT2D eigenvalue weighted by Gasteiger charge is 2.36. The minimum atomic E-state index is -4.81. The van der Waals surface area contributed by atoms with E-state index in [9.17, 15) is 22.4 Å². The average molecular weight is 668 g/mol. The number of likely N-dealkylation sites (N-methyl/N-ethyl adjacent to an activating group) is 1. The van der Waals surface area contributed by atoms with Gasteiger partial charge in [0.1, 0.15) is 41.1 Å². The third-order valence-corrected chi connectivity index (χ3v) is 8.93. The number of amides is 1. The van der Waals surface area contributed by atoms with Crippen LogP contribution < -0.4 is 19.3 Å². The molecule has 0 saturated carbocycles. The molecule has 14 heteroatoms. The van der Waals surface area contributed by atoms with Crippen molar-refractivity contribution in [3.05, 3.63) is 77.3 Å². The minimum absolute atomic E-state index is 0.0373. The predicted octanol–water partition coefficient (Wildman–Crippen LogP) is 5.55. The number of ether oxygens (including phenoxy) is 2. The Morgan fingerprint density at radius 1 is 1.00 bits per heavy atom. The van der Waals surface area contributed by atoms with Gasteiger partial charge in [0.25, 0.3) is 0 Å². The Hall–Kier alpha value is -4.72. The smallest absolute Gasteiger partial charge is 0.419 e. The highest BCUT2D eigenvalue weighted by Crippen LogP contribution is 2.39. The predicted molar refractivity (Wildman–Crippen MR) is 172 cm³/mol. The van der Waals surface area contributed by atoms with Crippen molar-refractivity contribution in [2.24, 2.45) is 0 Å². The molecule has 0 bridgehead atoms. The molecule has 2 aliphatic rings. The maximum Gasteiger partial charge on any atom is 0.419 e. The van der Waals surface area contributed by atoms with E-state index >= 15 is 0 Å². The third-order valence-electron chi connectivity index (χ3n) is 8.93. The van der Waals surface area contributed by atoms with Crippen molar-refractivity contribution < 1.29 is 31.8 Å². The summed E-state index contributed by atoms with van der Waals surface area (Å²) in [6.07, 6.45) is 0.0434. The van der Waals surface area contributed by atoms with E-state index in [-0.39, 0.29) is 30.4 Å². The number of halogens is 4. The second kappa shape index (κ2) is 13.4. The lowest BCUT2D eigenvalue weighted by atomic mass is 9.95. The normalized spacial score (nSPS) is 15.4. The number of hydrogen-bond donors (Lipinski definition) is 0. The fourth-order valence-electron chi connectivity index (χ4n) is 6.37. The topological polar surface area (TPSA) is 88.9 Å². The first kappa shape index (κ1) is 33.2. The number of carbonyl (C=O) groups is 1. The van der Waals surface area contributed by atoms with Crippen LogP contribution in [0.5, 0.6) is 11.5 Å². The van der Waals surface area contributed by atoms with Gasteiger partial charge in [-0.05, 0) is 57.3 Å². The Bertz CT molecular complexity index is 1800. The van der Waals surface area contributed by atoms with Gasteiger partial charge in [-0.2, -0.15) is 13.2 Å². The summed E-state index contributed by atoms with van der Waals surface area (Å²) in [6.45, 7) is 2.87. The monoisotopic (exact) mass is 667 g/mol. The van der Waals surface area contributed by atoms with Gasteiger partial charge >= 0.3 is 6.18 Å². The number of rotatable bonds is 10. The van der Waals surface area contributed by atoms with Gasteiger partial charge < -0.3 is 23.8 Å². The van der Waals surface area contributed by atoms with E-state index in [0.717, 1.165) is 47.7 Å². The first-order valence-electron chi connectivity index (χ1n) is 15.7. The van der Waals surface area contributed by atoms with Crippen LogP contribution in [-0.4, -0.2) is 78.3 Å². The van der Waals surface area contributed by atoms with E-state index in [1.807, 2.05) is 35.7 Å². The zero-order chi connectivity index (χ0) is 34.2. The van der Waals surface area contributed by atoms with Crippen molar-refractivity contribution in [3.8, 4) is 22.8 Å². The SMILES string of the molecule is COc1ccc(CN2C(=O)Cc3c(N4CCC(c5nc(-c6ccc(F)c(C(F)(F)F)c6)cn5CCN(C)C)CC4)ncnc32)c(OC)c1. The largest absolute Gasteiger partial charge is 0.497 e. The van der Waals surface area contributed by atoms with Gasteiger partial charge in [0.2, 0.25) is 5.91 Å². The van der Waals surface area contributed by atoms with Crippen molar-refractivity contribution in [3.63, 3.8) is 0 Å². The van der Waals surface area contributed by atoms with Gasteiger partial charge in [-0.1, -0.05) is 0 Å². The number of anilines is 2. The number of imidazole rings is 1. The number of aromatic nitrogens is 4. The Balaban J connectivity index is 1.22. The molecule has 0 N–H and O–H groups in total. The molecule has 0 aliphatic carbocycles. The summed E-state index contributed by atoms with van der Waals surface area (Å²) in [5, 5.41) is 0. The lowest BCUT2D eigenvalue weighted by molar-refractivity contribution is -0.140. The molecule has 4 heterocycles. The molecule has 0 atom stereocenters. The molecular formula is C34H37F4N7O3. The van der Waals surface area contributed by atoms with Crippen LogP contribution >= 0.6 is 0 Å². The first-order chi connectivity index (χ1) is 23.0. The summed E-state index contributed by atoms with van der Waals surface area (Å²) in [6, 6.07) is 8.47. The molecule has 0 spiro atoms. The molecule has 2 aliphatic heterocycles. The van der Waals surface area contributed by atoms with E-state index in [1.54, 1.807) is 31.4 Å². The standard InChI is InChI=1S/C34H37F4N7O3/c1-42(2)13-14-44-19-28(22-6-8-27(35)26(15-22)34(36,37)38)41-31(44)21-9-11-43(12-10-21)32-25-17-30(46)45(33(25)40-20-39-32)18-23-5-7-24(47-3)16-29(23)48-4/h5-8,15-16,19-21H,9-14,17-18H2,1-4H3. The van der Waals surface area contributed by atoms with Crippen LogP contribution in [0.15, 0.2) is 48.9 Å². The van der Waals surface area contributed by atoms with Crippen molar-refractivity contribution in [1.29, 1.82) is 0 Å². The Morgan fingerprint density at radius 2 is 1.75 bits per heavy atom. The first-order valence-corrected chi connectivity index (χ1v) is 15.7. The molecule has 10 nitrogen and oxygen atoms in total. The quantitative estimate of drug-likeness (QED) is 0.204. The molecule has 2 aromatic carbocycles. The second-order valence-corrected chi connectivity index (χ2v) is 12.3. The van der Waals surface area contributed by atoms with Crippen LogP contribution in [0.1, 0.15) is 41.3 Å². The molecule has 6 rings (SSSR count). The van der Waals surface area contributed by atoms with Crippen molar-refractivity contribution >= 4 is 17.5 Å². The van der Waals surface area contributed by atoms with E-state index in [1.165, 1.54) is 12.4 Å². The van der Waals surface area contributed by atoms with Gasteiger partial charge in [-0.15, -0.1) is 0 Å². The van der Waals surface area contributed by atoms with E-state index in [2.05, 4.69) is 14.9 Å². The van der Waals surface area contributed by atoms with Crippen LogP contribution in [0.2, 0.25) is 0 Å². The third kappa shape index (κ3) is 6.66. The highest BCUT2D eigenvalue weighted by molar-refractivity contribution is 6.01. The van der Waals surface area contributed by atoms with Crippen molar-refractivity contribution in [1.82, 2.24) is 24.4 Å². The second-order valence-electron chi connectivity index (χ2n) is 12.3. The summed E-state index contributed by atoms with van der Waals surface area (Å²) in [7, 11) is 7.05. The summed E-state index contributed by atoms with van der Waals surface area (Å²) in [4.78, 5) is 33.0. The molecule has 0 radical (unpaired) electrons. The Morgan fingerprint density at radius 3 is 2.44 bits per heavy atom. The number of fused-ring (bicyclic) bond motifs is 1. The Kier molecular flexibility index (Phi) is 9.28. The number of nitrogens with zero attached hydrogens (tertiary/aromatic N) is 7. The van der Waals surface area contributed by atoms with E-state index in [4.69, 9.17) is 14.5 Å². The number of benzene rings is 2. The highest BCUT2D eigenvalue weighted by atomic mass is 19.4. The zero-order valence-electron chi connectivity index (χ0n) is 27.2. The molecule has 1 amide bonds. The summed E-state index contributed by atoms with van der Waals surface area (Å²) in [5.74, 6) is 1.99. The minimum Gasteiger partial charge on any atom is -0.497 e. The average Bonchev–Trinajstić information content (AvgIpc) is 3.64. The van der Waals surface area contributed by atoms with E-state index < -0.39 is 17.6 Å². The fourth-order valence-corrected chi connectivity index (χ4v) is 6.37. The van der Waals surface area contributed by atoms with Crippen molar-refractivity contribution in [2.75, 3.05) is 57.7 Å². The van der Waals surface area contributed by atoms with Crippen LogP contribution in [0.4, 0.5) is 29.2 Å². The number of alkyl halides is 3. The molecule has 254 valence electrons. The molecule has 1 fully saturated rings. The molecule has 48 heavy (non-hydrogen) atoms. The van der Waals surface area contributed by atoms with Crippen LogP contribution in [0.3, 0.4) is 0 Å². The Labute approximate surface area is 275 Å². The lowest BCUT2D eigenvalue weighted by Crippen LogP contribution is -2.35. The summed E-state index contributed by atoms with van der Waals surface area (Å²) >= 11 is 0. The van der Waals surface area contributed by atoms with Gasteiger partial charge in [0, 0.05) is 61.1 Å². The summed E-state index contributed by atoms with van der Waals surface area (Å²) in [5.41, 5.74) is 0.872. The maximum absolute atomic E-state index is 14.0. The fraction of sp³-hybridized carbons (Fsp3) is 0.412. The van der Waals surface area contributed by atoms with Crippen LogP contribution in [0, 0.1) is 5.82 Å². The molecular weight excluding hydrogens is 630 g/mol. The molecule has 2 aromatic heterocycles. The molecule has 4 aromatic rings. The summed E-state index contributed by atoms with van der Waals surface area (Å²) < 4.78 is 67.3. The maximum atomic E-state index is 14.0. The number of piperidine rings is 1. The molecule has 1 saturated heterocycles. The van der Waals surface area contributed by atoms with E-state index in [0.29, 0.717) is 49.2 Å². The molecule has 0 unspecified atom stereocenters. The number of methoxy groups -OCH3 is 2. The van der Waals surface area contributed by atoms with Gasteiger partial charge in [0.05, 0.1) is 38.4 Å². The number of hydrogen-bond acceptors (Lipinski definition) is 8.